The van der Waals surface area contributed by atoms with Gasteiger partial charge < -0.3 is 0 Å². The van der Waals surface area contributed by atoms with Crippen molar-refractivity contribution >= 4 is 22.8 Å². The van der Waals surface area contributed by atoms with E-state index in [0.717, 1.165) is 30.6 Å². The molecule has 0 aromatic heterocycles. The average molecular weight is 517 g/mol. The van der Waals surface area contributed by atoms with Crippen molar-refractivity contribution in [1.29, 1.82) is 0 Å². The molecule has 0 saturated carbocycles. The number of aryl methyl sites for hydroxylation is 4. The minimum atomic E-state index is 0.991. The summed E-state index contributed by atoms with van der Waals surface area (Å²) in [6.45, 7) is 13.2. The van der Waals surface area contributed by atoms with Crippen molar-refractivity contribution in [1.82, 2.24) is 0 Å². The van der Waals surface area contributed by atoms with Crippen LogP contribution in [0.25, 0.3) is 0 Å². The van der Waals surface area contributed by atoms with Crippen LogP contribution in [0.5, 0.6) is 0 Å². The molecule has 0 N–H and O–H groups in total. The molecule has 0 radical (unpaired) electrons. The Hall–Kier alpha value is -2.22. The van der Waals surface area contributed by atoms with Crippen LogP contribution in [0.1, 0.15) is 139 Å². The molecule has 2 aromatic rings. The van der Waals surface area contributed by atoms with Crippen LogP contribution in [0.4, 0.5) is 11.4 Å². The third kappa shape index (κ3) is 13.5. The van der Waals surface area contributed by atoms with Crippen LogP contribution in [0.2, 0.25) is 0 Å². The van der Waals surface area contributed by atoms with Gasteiger partial charge in [-0.25, -0.2) is 0 Å². The SMILES string of the molecule is CCCCCCCCCCCCCCC(=Nc1cc(C)cc(C)c1)C(CCCC)=Nc1cc(C)cc(C)c1. The van der Waals surface area contributed by atoms with E-state index >= 15 is 0 Å². The molecular weight excluding hydrogens is 460 g/mol. The Labute approximate surface area is 235 Å². The van der Waals surface area contributed by atoms with Gasteiger partial charge in [0.2, 0.25) is 0 Å². The van der Waals surface area contributed by atoms with Crippen molar-refractivity contribution in [2.24, 2.45) is 9.98 Å². The quantitative estimate of drug-likeness (QED) is 0.131. The molecular formula is C36H56N2. The third-order valence-electron chi connectivity index (χ3n) is 7.31. The lowest BCUT2D eigenvalue weighted by Gasteiger charge is -2.12. The number of hydrogen-bond donors (Lipinski definition) is 0. The molecule has 2 nitrogen and oxygen atoms in total. The van der Waals surface area contributed by atoms with Crippen molar-refractivity contribution in [2.45, 2.75) is 144 Å². The molecule has 210 valence electrons. The molecule has 2 aromatic carbocycles. The largest absolute Gasteiger partial charge is 0.252 e. The summed E-state index contributed by atoms with van der Waals surface area (Å²) in [5, 5.41) is 0. The molecule has 0 unspecified atom stereocenters. The van der Waals surface area contributed by atoms with Gasteiger partial charge in [-0.15, -0.1) is 0 Å². The van der Waals surface area contributed by atoms with Crippen LogP contribution in [0.15, 0.2) is 46.4 Å². The van der Waals surface area contributed by atoms with E-state index in [9.17, 15) is 0 Å². The van der Waals surface area contributed by atoms with Crippen LogP contribution in [0.3, 0.4) is 0 Å². The number of hydrogen-bond acceptors (Lipinski definition) is 2. The maximum Gasteiger partial charge on any atom is 0.0639 e. The fraction of sp³-hybridized carbons (Fsp3) is 0.611. The monoisotopic (exact) mass is 516 g/mol. The van der Waals surface area contributed by atoms with E-state index in [0.29, 0.717) is 0 Å². The number of aliphatic imine (C=N–C) groups is 2. The summed E-state index contributed by atoms with van der Waals surface area (Å²) >= 11 is 0. The summed E-state index contributed by atoms with van der Waals surface area (Å²) in [5.41, 5.74) is 9.59. The lowest BCUT2D eigenvalue weighted by atomic mass is 10.0. The standard InChI is InChI=1S/C36H56N2/c1-7-9-11-12-13-14-15-16-17-18-19-20-22-36(38-34-27-31(5)24-32(6)28-34)35(21-10-8-2)37-33-25-29(3)23-30(4)26-33/h23-28H,7-22H2,1-6H3. The maximum absolute atomic E-state index is 5.25. The summed E-state index contributed by atoms with van der Waals surface area (Å²) in [6.07, 6.45) is 20.8. The Morgan fingerprint density at radius 2 is 0.737 bits per heavy atom. The average Bonchev–Trinajstić information content (AvgIpc) is 2.85. The van der Waals surface area contributed by atoms with Crippen molar-refractivity contribution < 1.29 is 0 Å². The third-order valence-corrected chi connectivity index (χ3v) is 7.31. The van der Waals surface area contributed by atoms with Crippen LogP contribution in [-0.4, -0.2) is 11.4 Å². The summed E-state index contributed by atoms with van der Waals surface area (Å²) in [4.78, 5) is 10.5. The second kappa shape index (κ2) is 18.9. The van der Waals surface area contributed by atoms with E-state index in [2.05, 4.69) is 77.9 Å². The molecule has 2 heteroatoms. The van der Waals surface area contributed by atoms with Gasteiger partial charge in [-0.2, -0.15) is 0 Å². The molecule has 0 bridgehead atoms. The highest BCUT2D eigenvalue weighted by molar-refractivity contribution is 6.43. The molecule has 0 amide bonds. The lowest BCUT2D eigenvalue weighted by Crippen LogP contribution is -2.14. The highest BCUT2D eigenvalue weighted by atomic mass is 14.8. The fourth-order valence-electron chi connectivity index (χ4n) is 5.35. The van der Waals surface area contributed by atoms with Crippen molar-refractivity contribution in [3.63, 3.8) is 0 Å². The van der Waals surface area contributed by atoms with Crippen LogP contribution in [0, 0.1) is 27.7 Å². The second-order valence-electron chi connectivity index (χ2n) is 11.6. The van der Waals surface area contributed by atoms with Gasteiger partial charge in [0.1, 0.15) is 0 Å². The van der Waals surface area contributed by atoms with Crippen LogP contribution < -0.4 is 0 Å². The Bertz CT molecular complexity index is 958. The summed E-state index contributed by atoms with van der Waals surface area (Å²) in [5.74, 6) is 0. The number of benzene rings is 2. The van der Waals surface area contributed by atoms with Gasteiger partial charge in [-0.1, -0.05) is 103 Å². The number of rotatable bonds is 19. The Morgan fingerprint density at radius 1 is 0.421 bits per heavy atom. The van der Waals surface area contributed by atoms with Gasteiger partial charge in [-0.3, -0.25) is 9.98 Å². The first-order chi connectivity index (χ1) is 18.4. The molecule has 0 aliphatic rings. The minimum absolute atomic E-state index is 0.991. The zero-order valence-electron chi connectivity index (χ0n) is 25.7. The molecule has 2 rings (SSSR count). The number of unbranched alkanes of at least 4 members (excludes halogenated alkanes) is 12. The normalized spacial score (nSPS) is 12.4. The summed E-state index contributed by atoms with van der Waals surface area (Å²) in [7, 11) is 0. The van der Waals surface area contributed by atoms with E-state index in [4.69, 9.17) is 9.98 Å². The van der Waals surface area contributed by atoms with E-state index in [-0.39, 0.29) is 0 Å². The molecule has 0 aliphatic carbocycles. The second-order valence-corrected chi connectivity index (χ2v) is 11.6. The van der Waals surface area contributed by atoms with Crippen molar-refractivity contribution in [2.75, 3.05) is 0 Å². The van der Waals surface area contributed by atoms with Crippen molar-refractivity contribution in [3.05, 3.63) is 58.7 Å². The first-order valence-electron chi connectivity index (χ1n) is 15.7. The molecule has 0 aliphatic heterocycles. The van der Waals surface area contributed by atoms with E-state index < -0.39 is 0 Å². The van der Waals surface area contributed by atoms with Gasteiger partial charge in [0.25, 0.3) is 0 Å². The molecule has 38 heavy (non-hydrogen) atoms. The molecule has 0 heterocycles. The Kier molecular flexibility index (Phi) is 15.9. The Morgan fingerprint density at radius 3 is 1.11 bits per heavy atom. The first kappa shape index (κ1) is 32.0. The highest BCUT2D eigenvalue weighted by Gasteiger charge is 2.11. The van der Waals surface area contributed by atoms with E-state index in [1.165, 1.54) is 117 Å². The van der Waals surface area contributed by atoms with Gasteiger partial charge >= 0.3 is 0 Å². The molecule has 0 saturated heterocycles. The van der Waals surface area contributed by atoms with Gasteiger partial charge in [0.05, 0.1) is 22.8 Å². The van der Waals surface area contributed by atoms with Crippen LogP contribution in [-0.2, 0) is 0 Å². The lowest BCUT2D eigenvalue weighted by molar-refractivity contribution is 0.546. The predicted molar refractivity (Wildman–Crippen MR) is 171 cm³/mol. The van der Waals surface area contributed by atoms with Crippen LogP contribution >= 0.6 is 0 Å². The number of nitrogens with zero attached hydrogens (tertiary/aromatic N) is 2. The van der Waals surface area contributed by atoms with Gasteiger partial charge in [0, 0.05) is 0 Å². The smallest absolute Gasteiger partial charge is 0.0639 e. The maximum atomic E-state index is 5.25. The highest BCUT2D eigenvalue weighted by Crippen LogP contribution is 2.23. The van der Waals surface area contributed by atoms with E-state index in [1.54, 1.807) is 0 Å². The first-order valence-corrected chi connectivity index (χ1v) is 15.7. The minimum Gasteiger partial charge on any atom is -0.252 e. The van der Waals surface area contributed by atoms with E-state index in [1.807, 2.05) is 0 Å². The topological polar surface area (TPSA) is 24.7 Å². The zero-order chi connectivity index (χ0) is 27.6. The molecule has 0 spiro atoms. The summed E-state index contributed by atoms with van der Waals surface area (Å²) < 4.78 is 0. The zero-order valence-corrected chi connectivity index (χ0v) is 25.7. The molecule has 0 atom stereocenters. The predicted octanol–water partition coefficient (Wildman–Crippen LogP) is 12.0. The molecule has 0 fully saturated rings. The van der Waals surface area contributed by atoms with Gasteiger partial charge in [-0.05, 0) is 99.9 Å². The Balaban J connectivity index is 2.06. The fourth-order valence-corrected chi connectivity index (χ4v) is 5.35. The van der Waals surface area contributed by atoms with Crippen molar-refractivity contribution in [3.8, 4) is 0 Å². The van der Waals surface area contributed by atoms with Gasteiger partial charge in [0.15, 0.2) is 0 Å². The summed E-state index contributed by atoms with van der Waals surface area (Å²) in [6, 6.07) is 13.3.